The minimum Gasteiger partial charge on any atom is -0.480 e. The molecule has 1 aromatic rings. The van der Waals surface area contributed by atoms with Gasteiger partial charge < -0.3 is 26.2 Å². The first-order valence-corrected chi connectivity index (χ1v) is 7.80. The van der Waals surface area contributed by atoms with E-state index in [0.29, 0.717) is 11.3 Å². The van der Waals surface area contributed by atoms with Crippen LogP contribution in [0.2, 0.25) is 0 Å². The van der Waals surface area contributed by atoms with E-state index < -0.39 is 49.6 Å². The zero-order valence-electron chi connectivity index (χ0n) is 14.3. The number of rotatable bonds is 12. The van der Waals surface area contributed by atoms with Crippen molar-refractivity contribution in [3.05, 3.63) is 29.8 Å². The van der Waals surface area contributed by atoms with Gasteiger partial charge in [-0.2, -0.15) is 0 Å². The molecule has 1 aromatic carbocycles. The largest absolute Gasteiger partial charge is 0.480 e. The fourth-order valence-electron chi connectivity index (χ4n) is 2.53. The second-order valence-electron chi connectivity index (χ2n) is 5.77. The lowest BCUT2D eigenvalue weighted by molar-refractivity contribution is -0.148. The Balaban J connectivity index is 3.04. The van der Waals surface area contributed by atoms with Crippen LogP contribution in [0.1, 0.15) is 11.6 Å². The average molecular weight is 383 g/mol. The molecule has 0 bridgehead atoms. The molecule has 0 radical (unpaired) electrons. The Bertz CT molecular complexity index is 675. The molecule has 0 fully saturated rings. The molecule has 1 atom stereocenters. The van der Waals surface area contributed by atoms with Gasteiger partial charge in [-0.05, 0) is 17.7 Å². The molecule has 0 aliphatic heterocycles. The predicted octanol–water partition coefficient (Wildman–Crippen LogP) is -0.748. The molecular formula is C16H21N3O8. The van der Waals surface area contributed by atoms with Gasteiger partial charge in [-0.1, -0.05) is 12.1 Å². The Hall–Kier alpha value is -3.18. The van der Waals surface area contributed by atoms with Gasteiger partial charge in [0, 0.05) is 18.8 Å². The van der Waals surface area contributed by atoms with Gasteiger partial charge in [0.1, 0.15) is 6.04 Å². The Kier molecular flexibility index (Phi) is 8.17. The molecule has 11 heteroatoms. The summed E-state index contributed by atoms with van der Waals surface area (Å²) in [5, 5.41) is 36.4. The third kappa shape index (κ3) is 7.71. The van der Waals surface area contributed by atoms with Gasteiger partial charge in [-0.3, -0.25) is 29.0 Å². The van der Waals surface area contributed by atoms with Crippen LogP contribution in [0.25, 0.3) is 0 Å². The van der Waals surface area contributed by atoms with Gasteiger partial charge in [0.15, 0.2) is 0 Å². The van der Waals surface area contributed by atoms with Gasteiger partial charge in [-0.15, -0.1) is 0 Å². The molecule has 0 amide bonds. The van der Waals surface area contributed by atoms with Crippen molar-refractivity contribution in [2.45, 2.75) is 6.04 Å². The normalized spacial score (nSPS) is 12.1. The van der Waals surface area contributed by atoms with Crippen molar-refractivity contribution >= 4 is 29.6 Å². The Morgan fingerprint density at radius 3 is 1.70 bits per heavy atom. The third-order valence-corrected chi connectivity index (χ3v) is 3.61. The maximum Gasteiger partial charge on any atom is 0.325 e. The van der Waals surface area contributed by atoms with E-state index in [1.165, 1.54) is 24.3 Å². The van der Waals surface area contributed by atoms with E-state index in [9.17, 15) is 24.3 Å². The van der Waals surface area contributed by atoms with Crippen molar-refractivity contribution < 1.29 is 39.6 Å². The van der Waals surface area contributed by atoms with Gasteiger partial charge in [-0.25, -0.2) is 0 Å². The highest BCUT2D eigenvalue weighted by atomic mass is 16.4. The van der Waals surface area contributed by atoms with Gasteiger partial charge >= 0.3 is 23.9 Å². The molecule has 148 valence electrons. The van der Waals surface area contributed by atoms with Crippen LogP contribution in [0.3, 0.4) is 0 Å². The summed E-state index contributed by atoms with van der Waals surface area (Å²) in [4.78, 5) is 46.8. The summed E-state index contributed by atoms with van der Waals surface area (Å²) >= 11 is 0. The zero-order chi connectivity index (χ0) is 20.6. The number of nitrogens with zero attached hydrogens (tertiary/aromatic N) is 2. The van der Waals surface area contributed by atoms with Crippen molar-refractivity contribution in [3.63, 3.8) is 0 Å². The number of carbonyl (C=O) groups is 4. The second-order valence-corrected chi connectivity index (χ2v) is 5.77. The molecule has 0 saturated carbocycles. The molecule has 0 saturated heterocycles. The van der Waals surface area contributed by atoms with Crippen LogP contribution in [0, 0.1) is 0 Å². The molecule has 11 nitrogen and oxygen atoms in total. The number of benzene rings is 1. The maximum atomic E-state index is 11.7. The average Bonchev–Trinajstić information content (AvgIpc) is 2.52. The van der Waals surface area contributed by atoms with Gasteiger partial charge in [0.2, 0.25) is 0 Å². The lowest BCUT2D eigenvalue weighted by Crippen LogP contribution is -2.44. The van der Waals surface area contributed by atoms with E-state index in [1.807, 2.05) is 0 Å². The molecule has 1 unspecified atom stereocenters. The topological polar surface area (TPSA) is 182 Å². The number of carboxylic acid groups (broad SMARTS) is 4. The van der Waals surface area contributed by atoms with Crippen LogP contribution in [0.4, 0.5) is 5.69 Å². The van der Waals surface area contributed by atoms with E-state index in [2.05, 4.69) is 0 Å². The Morgan fingerprint density at radius 1 is 0.815 bits per heavy atom. The minimum atomic E-state index is -1.32. The SMILES string of the molecule is Nc1ccc(C(C(=O)O)N(CCN(CC(=O)O)CC(=O)O)CC(=O)O)cc1. The first-order valence-electron chi connectivity index (χ1n) is 7.80. The quantitative estimate of drug-likeness (QED) is 0.286. The lowest BCUT2D eigenvalue weighted by atomic mass is 10.0. The van der Waals surface area contributed by atoms with E-state index in [-0.39, 0.29) is 13.1 Å². The number of nitrogen functional groups attached to an aromatic ring is 1. The molecule has 27 heavy (non-hydrogen) atoms. The fraction of sp³-hybridized carbons (Fsp3) is 0.375. The van der Waals surface area contributed by atoms with Crippen molar-refractivity contribution in [2.24, 2.45) is 0 Å². The van der Waals surface area contributed by atoms with Crippen LogP contribution in [-0.4, -0.2) is 86.8 Å². The lowest BCUT2D eigenvalue weighted by Gasteiger charge is -2.29. The summed E-state index contributed by atoms with van der Waals surface area (Å²) in [5.74, 6) is -5.09. The summed E-state index contributed by atoms with van der Waals surface area (Å²) in [6, 6.07) is 4.54. The van der Waals surface area contributed by atoms with Gasteiger partial charge in [0.05, 0.1) is 19.6 Å². The summed E-state index contributed by atoms with van der Waals surface area (Å²) in [7, 11) is 0. The summed E-state index contributed by atoms with van der Waals surface area (Å²) in [6.07, 6.45) is 0. The van der Waals surface area contributed by atoms with Crippen molar-refractivity contribution in [2.75, 3.05) is 38.5 Å². The number of nitrogens with two attached hydrogens (primary N) is 1. The second kappa shape index (κ2) is 10.1. The highest BCUT2D eigenvalue weighted by Gasteiger charge is 2.29. The van der Waals surface area contributed by atoms with E-state index in [1.54, 1.807) is 0 Å². The molecule has 0 aromatic heterocycles. The fourth-order valence-corrected chi connectivity index (χ4v) is 2.53. The third-order valence-electron chi connectivity index (χ3n) is 3.61. The highest BCUT2D eigenvalue weighted by Crippen LogP contribution is 2.22. The van der Waals surface area contributed by atoms with Crippen LogP contribution in [0.15, 0.2) is 24.3 Å². The van der Waals surface area contributed by atoms with Crippen LogP contribution in [-0.2, 0) is 19.2 Å². The van der Waals surface area contributed by atoms with Crippen molar-refractivity contribution in [1.82, 2.24) is 9.80 Å². The number of hydrogen-bond acceptors (Lipinski definition) is 7. The smallest absolute Gasteiger partial charge is 0.325 e. The monoisotopic (exact) mass is 383 g/mol. The minimum absolute atomic E-state index is 0.148. The predicted molar refractivity (Wildman–Crippen MR) is 92.2 cm³/mol. The first-order chi connectivity index (χ1) is 12.6. The molecule has 6 N–H and O–H groups in total. The zero-order valence-corrected chi connectivity index (χ0v) is 14.3. The molecule has 1 rings (SSSR count). The highest BCUT2D eigenvalue weighted by molar-refractivity contribution is 5.77. The molecular weight excluding hydrogens is 362 g/mol. The molecule has 0 heterocycles. The number of anilines is 1. The van der Waals surface area contributed by atoms with Crippen molar-refractivity contribution in [3.8, 4) is 0 Å². The first kappa shape index (κ1) is 21.9. The Labute approximate surface area is 154 Å². The summed E-state index contributed by atoms with van der Waals surface area (Å²) < 4.78 is 0. The summed E-state index contributed by atoms with van der Waals surface area (Å²) in [6.45, 7) is -2.10. The summed E-state index contributed by atoms with van der Waals surface area (Å²) in [5.41, 5.74) is 6.27. The molecule has 0 aliphatic carbocycles. The van der Waals surface area contributed by atoms with Crippen LogP contribution < -0.4 is 5.73 Å². The molecule has 0 aliphatic rings. The standard InChI is InChI=1S/C16H21N3O8/c17-11-3-1-10(2-4-11)15(16(26)27)19(9-14(24)25)6-5-18(7-12(20)21)8-13(22)23/h1-4,15H,5-9,17H2,(H,20,21)(H,22,23)(H,24,25)(H,26,27). The number of carboxylic acids is 4. The number of hydrogen-bond donors (Lipinski definition) is 5. The molecule has 0 spiro atoms. The van der Waals surface area contributed by atoms with Gasteiger partial charge in [0.25, 0.3) is 0 Å². The maximum absolute atomic E-state index is 11.7. The van der Waals surface area contributed by atoms with E-state index in [4.69, 9.17) is 21.1 Å². The van der Waals surface area contributed by atoms with E-state index in [0.717, 1.165) is 9.80 Å². The number of aliphatic carboxylic acids is 4. The van der Waals surface area contributed by atoms with Crippen LogP contribution >= 0.6 is 0 Å². The van der Waals surface area contributed by atoms with Crippen LogP contribution in [0.5, 0.6) is 0 Å². The van der Waals surface area contributed by atoms with E-state index >= 15 is 0 Å². The Morgan fingerprint density at radius 2 is 1.30 bits per heavy atom. The van der Waals surface area contributed by atoms with Crippen molar-refractivity contribution in [1.29, 1.82) is 0 Å².